The van der Waals surface area contributed by atoms with Crippen molar-refractivity contribution in [2.45, 2.75) is 25.7 Å². The first kappa shape index (κ1) is 35.4. The van der Waals surface area contributed by atoms with E-state index in [4.69, 9.17) is 0 Å². The molecular formula is C53H46N2. The molecule has 8 rings (SSSR count). The number of hydrogen-bond donors (Lipinski definition) is 0. The molecule has 1 unspecified atom stereocenters. The summed E-state index contributed by atoms with van der Waals surface area (Å²) in [5, 5.41) is 0. The highest BCUT2D eigenvalue weighted by atomic mass is 15.1. The second-order valence-electron chi connectivity index (χ2n) is 14.1. The normalized spacial score (nSPS) is 14.2. The van der Waals surface area contributed by atoms with E-state index in [0.29, 0.717) is 5.92 Å². The van der Waals surface area contributed by atoms with Crippen LogP contribution >= 0.6 is 0 Å². The summed E-state index contributed by atoms with van der Waals surface area (Å²) in [6.45, 7) is 0. The van der Waals surface area contributed by atoms with Crippen molar-refractivity contribution in [2.75, 3.05) is 9.80 Å². The standard InChI is InChI=1S/C53H46N2/c1-5-16-48(17-6-1)54(49-18-7-2-8-19-49)52-38-30-43(31-39-52)15-13-14-42-26-34-46(35-27-42)47-36-28-44(29-37-47)24-25-45-32-40-53(41-33-45)55(50-20-9-3-10-21-50)51-22-11-4-12-23-51/h1-14,16-25,28-34,36-42H,15,26-27,35H2/b14-13+,25-24-. The zero-order chi connectivity index (χ0) is 37.1. The van der Waals surface area contributed by atoms with E-state index >= 15 is 0 Å². The van der Waals surface area contributed by atoms with Crippen molar-refractivity contribution in [2.24, 2.45) is 5.92 Å². The summed E-state index contributed by atoms with van der Waals surface area (Å²) in [4.78, 5) is 4.60. The van der Waals surface area contributed by atoms with Crippen LogP contribution in [0.5, 0.6) is 0 Å². The van der Waals surface area contributed by atoms with E-state index in [2.05, 4.69) is 234 Å². The molecular weight excluding hydrogens is 665 g/mol. The van der Waals surface area contributed by atoms with Crippen molar-refractivity contribution in [1.82, 2.24) is 0 Å². The van der Waals surface area contributed by atoms with Crippen LogP contribution in [0.15, 0.2) is 212 Å². The summed E-state index contributed by atoms with van der Waals surface area (Å²) in [6.07, 6.45) is 16.0. The fourth-order valence-electron chi connectivity index (χ4n) is 7.41. The maximum Gasteiger partial charge on any atom is 0.0462 e. The topological polar surface area (TPSA) is 6.48 Å². The molecule has 0 amide bonds. The molecule has 0 bridgehead atoms. The van der Waals surface area contributed by atoms with Crippen LogP contribution in [0.3, 0.4) is 0 Å². The lowest BCUT2D eigenvalue weighted by molar-refractivity contribution is 0.590. The van der Waals surface area contributed by atoms with Crippen molar-refractivity contribution in [3.63, 3.8) is 0 Å². The Balaban J connectivity index is 0.849. The van der Waals surface area contributed by atoms with Gasteiger partial charge in [0.1, 0.15) is 0 Å². The second kappa shape index (κ2) is 17.5. The van der Waals surface area contributed by atoms with Gasteiger partial charge < -0.3 is 9.80 Å². The SMILES string of the molecule is C1=C(c2ccc(/C=C\c3ccc(N(c4ccccc4)c4ccccc4)cc3)cc2)CCC(/C=C/Cc2ccc(N(c3ccccc3)c3ccccc3)cc2)C1. The van der Waals surface area contributed by atoms with Crippen LogP contribution in [0.1, 0.15) is 41.5 Å². The maximum absolute atomic E-state index is 2.45. The van der Waals surface area contributed by atoms with Crippen LogP contribution in [0, 0.1) is 5.92 Å². The largest absolute Gasteiger partial charge is 0.311 e. The molecule has 7 aromatic rings. The Morgan fingerprint density at radius 1 is 0.436 bits per heavy atom. The van der Waals surface area contributed by atoms with E-state index in [9.17, 15) is 0 Å². The van der Waals surface area contributed by atoms with Crippen molar-refractivity contribution < 1.29 is 0 Å². The molecule has 0 heterocycles. The van der Waals surface area contributed by atoms with E-state index < -0.39 is 0 Å². The van der Waals surface area contributed by atoms with E-state index in [-0.39, 0.29) is 0 Å². The molecule has 0 spiro atoms. The van der Waals surface area contributed by atoms with Gasteiger partial charge in [0.25, 0.3) is 0 Å². The van der Waals surface area contributed by atoms with Crippen molar-refractivity contribution in [3.8, 4) is 0 Å². The Morgan fingerprint density at radius 3 is 1.25 bits per heavy atom. The Bertz CT molecular complexity index is 2250. The Morgan fingerprint density at radius 2 is 0.836 bits per heavy atom. The first-order chi connectivity index (χ1) is 27.3. The molecule has 0 radical (unpaired) electrons. The summed E-state index contributed by atoms with van der Waals surface area (Å²) < 4.78 is 0. The highest BCUT2D eigenvalue weighted by Crippen LogP contribution is 2.36. The molecule has 0 saturated heterocycles. The van der Waals surface area contributed by atoms with Crippen LogP contribution in [0.4, 0.5) is 34.1 Å². The lowest BCUT2D eigenvalue weighted by atomic mass is 9.86. The van der Waals surface area contributed by atoms with Crippen LogP contribution < -0.4 is 9.80 Å². The summed E-state index contributed by atoms with van der Waals surface area (Å²) in [6, 6.07) is 69.0. The molecule has 0 saturated carbocycles. The molecule has 1 aliphatic carbocycles. The van der Waals surface area contributed by atoms with E-state index in [1.807, 2.05) is 0 Å². The first-order valence-electron chi connectivity index (χ1n) is 19.4. The number of nitrogens with zero attached hydrogens (tertiary/aromatic N) is 2. The predicted molar refractivity (Wildman–Crippen MR) is 236 cm³/mol. The monoisotopic (exact) mass is 710 g/mol. The van der Waals surface area contributed by atoms with E-state index in [0.717, 1.165) is 47.7 Å². The van der Waals surface area contributed by atoms with Crippen LogP contribution in [0.25, 0.3) is 17.7 Å². The third kappa shape index (κ3) is 8.95. The summed E-state index contributed by atoms with van der Waals surface area (Å²) in [5.41, 5.74) is 13.4. The van der Waals surface area contributed by atoms with Gasteiger partial charge in [-0.05, 0) is 132 Å². The van der Waals surface area contributed by atoms with Gasteiger partial charge in [-0.15, -0.1) is 0 Å². The number of para-hydroxylation sites is 4. The van der Waals surface area contributed by atoms with Crippen molar-refractivity contribution >= 4 is 51.8 Å². The Kier molecular flexibility index (Phi) is 11.2. The Labute approximate surface area is 326 Å². The molecule has 0 N–H and O–H groups in total. The fourth-order valence-corrected chi connectivity index (χ4v) is 7.41. The molecule has 7 aromatic carbocycles. The van der Waals surface area contributed by atoms with Gasteiger partial charge in [-0.3, -0.25) is 0 Å². The van der Waals surface area contributed by atoms with Crippen LogP contribution in [-0.4, -0.2) is 0 Å². The molecule has 0 fully saturated rings. The smallest absolute Gasteiger partial charge is 0.0462 e. The van der Waals surface area contributed by atoms with Gasteiger partial charge in [-0.25, -0.2) is 0 Å². The zero-order valence-electron chi connectivity index (χ0n) is 31.2. The van der Waals surface area contributed by atoms with Gasteiger partial charge in [0.05, 0.1) is 0 Å². The molecule has 1 aliphatic rings. The molecule has 0 aliphatic heterocycles. The zero-order valence-corrected chi connectivity index (χ0v) is 31.2. The average molecular weight is 711 g/mol. The lowest BCUT2D eigenvalue weighted by Crippen LogP contribution is -2.09. The quantitative estimate of drug-likeness (QED) is 0.0920. The van der Waals surface area contributed by atoms with Crippen LogP contribution in [0.2, 0.25) is 0 Å². The first-order valence-corrected chi connectivity index (χ1v) is 19.4. The third-order valence-electron chi connectivity index (χ3n) is 10.4. The number of benzene rings is 7. The highest BCUT2D eigenvalue weighted by Gasteiger charge is 2.15. The summed E-state index contributed by atoms with van der Waals surface area (Å²) in [7, 11) is 0. The minimum absolute atomic E-state index is 0.593. The van der Waals surface area contributed by atoms with Gasteiger partial charge in [-0.2, -0.15) is 0 Å². The van der Waals surface area contributed by atoms with Crippen LogP contribution in [-0.2, 0) is 6.42 Å². The van der Waals surface area contributed by atoms with Gasteiger partial charge in [-0.1, -0.05) is 152 Å². The van der Waals surface area contributed by atoms with Gasteiger partial charge in [0, 0.05) is 34.1 Å². The van der Waals surface area contributed by atoms with E-state index in [1.54, 1.807) is 0 Å². The van der Waals surface area contributed by atoms with Crippen molar-refractivity contribution in [3.05, 3.63) is 235 Å². The molecule has 268 valence electrons. The van der Waals surface area contributed by atoms with Crippen molar-refractivity contribution in [1.29, 1.82) is 0 Å². The molecule has 2 heteroatoms. The number of anilines is 6. The third-order valence-corrected chi connectivity index (χ3v) is 10.4. The molecule has 1 atom stereocenters. The van der Waals surface area contributed by atoms with Gasteiger partial charge >= 0.3 is 0 Å². The molecule has 0 aromatic heterocycles. The fraction of sp³-hybridized carbons (Fsp3) is 0.0943. The summed E-state index contributed by atoms with van der Waals surface area (Å²) >= 11 is 0. The Hall–Kier alpha value is -6.64. The summed E-state index contributed by atoms with van der Waals surface area (Å²) in [5.74, 6) is 0.593. The number of allylic oxidation sites excluding steroid dienone is 4. The average Bonchev–Trinajstić information content (AvgIpc) is 3.26. The van der Waals surface area contributed by atoms with E-state index in [1.165, 1.54) is 39.9 Å². The second-order valence-corrected chi connectivity index (χ2v) is 14.1. The minimum atomic E-state index is 0.593. The molecule has 2 nitrogen and oxygen atoms in total. The predicted octanol–water partition coefficient (Wildman–Crippen LogP) is 14.8. The van der Waals surface area contributed by atoms with Gasteiger partial charge in [0.2, 0.25) is 0 Å². The maximum atomic E-state index is 2.45. The molecule has 55 heavy (non-hydrogen) atoms. The minimum Gasteiger partial charge on any atom is -0.311 e. The lowest BCUT2D eigenvalue weighted by Gasteiger charge is -2.25. The number of rotatable bonds is 12. The van der Waals surface area contributed by atoms with Gasteiger partial charge in [0.15, 0.2) is 0 Å². The number of hydrogen-bond acceptors (Lipinski definition) is 2. The highest BCUT2D eigenvalue weighted by molar-refractivity contribution is 5.79.